The minimum Gasteiger partial charge on any atom is -0.388 e. The van der Waals surface area contributed by atoms with E-state index in [4.69, 9.17) is 10.5 Å². The van der Waals surface area contributed by atoms with Gasteiger partial charge in [0.05, 0.1) is 24.2 Å². The molecule has 1 amide bonds. The third-order valence-electron chi connectivity index (χ3n) is 4.46. The molecule has 4 atom stereocenters. The molecular formula is C15H18N8O4. The van der Waals surface area contributed by atoms with E-state index in [0.29, 0.717) is 16.7 Å². The maximum atomic E-state index is 11.7. The van der Waals surface area contributed by atoms with E-state index < -0.39 is 24.5 Å². The van der Waals surface area contributed by atoms with Crippen LogP contribution in [0.15, 0.2) is 18.7 Å². The molecule has 0 radical (unpaired) electrons. The monoisotopic (exact) mass is 374 g/mol. The topological polar surface area (TPSA) is 166 Å². The lowest BCUT2D eigenvalue weighted by molar-refractivity contribution is -0.0299. The van der Waals surface area contributed by atoms with Crippen molar-refractivity contribution in [1.29, 1.82) is 0 Å². The van der Waals surface area contributed by atoms with Gasteiger partial charge in [0.2, 0.25) is 0 Å². The van der Waals surface area contributed by atoms with E-state index in [2.05, 4.69) is 25.4 Å². The van der Waals surface area contributed by atoms with Crippen LogP contribution in [0.2, 0.25) is 0 Å². The summed E-state index contributed by atoms with van der Waals surface area (Å²) < 4.78 is 8.41. The highest BCUT2D eigenvalue weighted by Crippen LogP contribution is 2.32. The zero-order valence-corrected chi connectivity index (χ0v) is 14.5. The number of nitrogen functional groups attached to an aromatic ring is 1. The minimum absolute atomic E-state index is 0.104. The van der Waals surface area contributed by atoms with Gasteiger partial charge < -0.3 is 26.0 Å². The average Bonchev–Trinajstić information content (AvgIpc) is 3.36. The fraction of sp³-hybridized carbons (Fsp3) is 0.400. The number of hydrogen-bond acceptors (Lipinski definition) is 9. The number of amides is 1. The number of imidazole rings is 1. The minimum atomic E-state index is -1.15. The molecule has 1 fully saturated rings. The standard InChI is InChI=1S/C15H18N8O4/c1-6-9(24)10(25)14(27-6)22-5-18-8-11(16)20-15(21-12(8)22)23-4-7(3-19-23)13(26)17-2/h3-6,9-10,14,24-25H,1-2H3,(H,17,26)(H2,16,20,21)/t6-,9-,10-,14?/m1/s1. The molecule has 12 heteroatoms. The number of rotatable bonds is 3. The summed E-state index contributed by atoms with van der Waals surface area (Å²) in [6.07, 6.45) is 0.642. The maximum Gasteiger partial charge on any atom is 0.254 e. The number of carbonyl (C=O) groups excluding carboxylic acids is 1. The van der Waals surface area contributed by atoms with Crippen LogP contribution in [0.1, 0.15) is 23.5 Å². The van der Waals surface area contributed by atoms with E-state index in [-0.39, 0.29) is 17.7 Å². The number of nitrogens with two attached hydrogens (primary N) is 1. The lowest BCUT2D eigenvalue weighted by Gasteiger charge is -2.16. The molecule has 3 aromatic heterocycles. The SMILES string of the molecule is CNC(=O)c1cnn(-c2nc(N)c3ncn(C4O[C@H](C)[C@@H](O)[C@H]4O)c3n2)c1. The third kappa shape index (κ3) is 2.70. The maximum absolute atomic E-state index is 11.7. The molecule has 12 nitrogen and oxygen atoms in total. The molecule has 27 heavy (non-hydrogen) atoms. The molecule has 1 aliphatic heterocycles. The summed E-state index contributed by atoms with van der Waals surface area (Å²) in [5, 5.41) is 26.8. The fourth-order valence-electron chi connectivity index (χ4n) is 2.97. The first-order chi connectivity index (χ1) is 12.9. The van der Waals surface area contributed by atoms with E-state index in [0.717, 1.165) is 0 Å². The van der Waals surface area contributed by atoms with Crippen molar-refractivity contribution in [2.75, 3.05) is 12.8 Å². The largest absolute Gasteiger partial charge is 0.388 e. The van der Waals surface area contributed by atoms with Crippen LogP contribution in [-0.4, -0.2) is 70.8 Å². The van der Waals surface area contributed by atoms with Crippen molar-refractivity contribution in [3.05, 3.63) is 24.3 Å². The summed E-state index contributed by atoms with van der Waals surface area (Å²) in [6, 6.07) is 0. The van der Waals surface area contributed by atoms with Crippen LogP contribution in [-0.2, 0) is 4.74 Å². The molecular weight excluding hydrogens is 356 g/mol. The first-order valence-corrected chi connectivity index (χ1v) is 8.19. The number of hydrogen-bond donors (Lipinski definition) is 4. The summed E-state index contributed by atoms with van der Waals surface area (Å²) in [6.45, 7) is 1.66. The van der Waals surface area contributed by atoms with Gasteiger partial charge in [-0.1, -0.05) is 0 Å². The second-order valence-electron chi connectivity index (χ2n) is 6.20. The zero-order valence-electron chi connectivity index (χ0n) is 14.5. The normalized spacial score (nSPS) is 25.2. The number of ether oxygens (including phenoxy) is 1. The number of nitrogens with zero attached hydrogens (tertiary/aromatic N) is 6. The molecule has 0 aliphatic carbocycles. The average molecular weight is 374 g/mol. The lowest BCUT2D eigenvalue weighted by Crippen LogP contribution is -2.30. The van der Waals surface area contributed by atoms with E-state index in [1.54, 1.807) is 6.92 Å². The fourth-order valence-corrected chi connectivity index (χ4v) is 2.97. The highest BCUT2D eigenvalue weighted by atomic mass is 16.6. The van der Waals surface area contributed by atoms with Crippen LogP contribution in [0.3, 0.4) is 0 Å². The van der Waals surface area contributed by atoms with Gasteiger partial charge >= 0.3 is 0 Å². The van der Waals surface area contributed by atoms with Crippen molar-refractivity contribution in [2.45, 2.75) is 31.5 Å². The molecule has 0 spiro atoms. The molecule has 3 aromatic rings. The summed E-state index contributed by atoms with van der Waals surface area (Å²) in [5.41, 5.74) is 6.95. The lowest BCUT2D eigenvalue weighted by atomic mass is 10.1. The Hall–Kier alpha value is -3.09. The van der Waals surface area contributed by atoms with Crippen LogP contribution in [0.4, 0.5) is 5.82 Å². The number of aromatic nitrogens is 6. The first kappa shape index (κ1) is 17.3. The van der Waals surface area contributed by atoms with Gasteiger partial charge in [0.15, 0.2) is 17.7 Å². The Balaban J connectivity index is 1.79. The van der Waals surface area contributed by atoms with Crippen molar-refractivity contribution in [3.63, 3.8) is 0 Å². The predicted octanol–water partition coefficient (Wildman–Crippen LogP) is -1.41. The summed E-state index contributed by atoms with van der Waals surface area (Å²) in [5.74, 6) is -0.0735. The van der Waals surface area contributed by atoms with E-state index in [9.17, 15) is 15.0 Å². The van der Waals surface area contributed by atoms with E-state index >= 15 is 0 Å². The first-order valence-electron chi connectivity index (χ1n) is 8.19. The van der Waals surface area contributed by atoms with E-state index in [1.165, 1.54) is 35.0 Å². The van der Waals surface area contributed by atoms with Crippen molar-refractivity contribution in [2.24, 2.45) is 0 Å². The van der Waals surface area contributed by atoms with Gasteiger partial charge in [-0.25, -0.2) is 9.67 Å². The van der Waals surface area contributed by atoms with Crippen molar-refractivity contribution >= 4 is 22.9 Å². The van der Waals surface area contributed by atoms with Gasteiger partial charge in [-0.3, -0.25) is 9.36 Å². The molecule has 4 rings (SSSR count). The Kier molecular flexibility index (Phi) is 4.02. The van der Waals surface area contributed by atoms with Crippen LogP contribution < -0.4 is 11.1 Å². The van der Waals surface area contributed by atoms with Crippen LogP contribution in [0.25, 0.3) is 17.1 Å². The Morgan fingerprint density at radius 3 is 2.78 bits per heavy atom. The van der Waals surface area contributed by atoms with Crippen molar-refractivity contribution in [1.82, 2.24) is 34.6 Å². The molecule has 142 valence electrons. The molecule has 0 saturated carbocycles. The summed E-state index contributed by atoms with van der Waals surface area (Å²) >= 11 is 0. The summed E-state index contributed by atoms with van der Waals surface area (Å²) in [4.78, 5) is 24.4. The Morgan fingerprint density at radius 1 is 1.33 bits per heavy atom. The van der Waals surface area contributed by atoms with Crippen LogP contribution in [0, 0.1) is 0 Å². The van der Waals surface area contributed by atoms with E-state index in [1.807, 2.05) is 0 Å². The highest BCUT2D eigenvalue weighted by Gasteiger charge is 2.42. The molecule has 1 saturated heterocycles. The second kappa shape index (κ2) is 6.26. The zero-order chi connectivity index (χ0) is 19.3. The predicted molar refractivity (Wildman–Crippen MR) is 91.8 cm³/mol. The van der Waals surface area contributed by atoms with Crippen molar-refractivity contribution < 1.29 is 19.7 Å². The van der Waals surface area contributed by atoms with Gasteiger partial charge in [-0.05, 0) is 6.92 Å². The van der Waals surface area contributed by atoms with Crippen LogP contribution in [0.5, 0.6) is 0 Å². The van der Waals surface area contributed by atoms with Gasteiger partial charge in [-0.2, -0.15) is 15.1 Å². The number of anilines is 1. The quantitative estimate of drug-likeness (QED) is 0.431. The Morgan fingerprint density at radius 2 is 2.11 bits per heavy atom. The number of aliphatic hydroxyl groups excluding tert-OH is 2. The third-order valence-corrected chi connectivity index (χ3v) is 4.46. The van der Waals surface area contributed by atoms with Crippen LogP contribution >= 0.6 is 0 Å². The number of fused-ring (bicyclic) bond motifs is 1. The van der Waals surface area contributed by atoms with Gasteiger partial charge in [0.1, 0.15) is 17.7 Å². The smallest absolute Gasteiger partial charge is 0.254 e. The molecule has 1 aliphatic rings. The molecule has 4 heterocycles. The summed E-state index contributed by atoms with van der Waals surface area (Å²) in [7, 11) is 1.51. The van der Waals surface area contributed by atoms with Gasteiger partial charge in [0.25, 0.3) is 11.9 Å². The molecule has 5 N–H and O–H groups in total. The molecule has 0 bridgehead atoms. The molecule has 0 aromatic carbocycles. The Bertz CT molecular complexity index is 1010. The Labute approximate surface area is 152 Å². The van der Waals surface area contributed by atoms with Crippen molar-refractivity contribution in [3.8, 4) is 5.95 Å². The highest BCUT2D eigenvalue weighted by molar-refractivity contribution is 5.93. The number of aliphatic hydroxyl groups is 2. The number of carbonyl (C=O) groups is 1. The molecule has 1 unspecified atom stereocenters. The van der Waals surface area contributed by atoms with Gasteiger partial charge in [-0.15, -0.1) is 0 Å². The second-order valence-corrected chi connectivity index (χ2v) is 6.20. The van der Waals surface area contributed by atoms with Gasteiger partial charge in [0, 0.05) is 13.2 Å². The number of nitrogens with one attached hydrogen (secondary N) is 1.